The van der Waals surface area contributed by atoms with Crippen LogP contribution in [0.15, 0.2) is 172 Å². The van der Waals surface area contributed by atoms with Crippen molar-refractivity contribution in [2.75, 3.05) is 111 Å². The van der Waals surface area contributed by atoms with Crippen molar-refractivity contribution in [3.63, 3.8) is 0 Å². The lowest BCUT2D eigenvalue weighted by Crippen LogP contribution is -2.48. The number of hydrogen-bond donors (Lipinski definition) is 6. The summed E-state index contributed by atoms with van der Waals surface area (Å²) < 4.78 is 63.8. The van der Waals surface area contributed by atoms with Crippen molar-refractivity contribution in [2.45, 2.75) is 19.4 Å². The van der Waals surface area contributed by atoms with E-state index in [0.29, 0.717) is 112 Å². The molecule has 0 unspecified atom stereocenters. The lowest BCUT2D eigenvalue weighted by atomic mass is 10.0. The van der Waals surface area contributed by atoms with Gasteiger partial charge in [-0.3, -0.25) is 32.5 Å². The minimum absolute atomic E-state index is 0.00197. The monoisotopic (exact) mass is 1660 g/mol. The lowest BCUT2D eigenvalue weighted by Gasteiger charge is -2.34. The molecule has 15 rings (SSSR count). The Hall–Kier alpha value is -12.9. The summed E-state index contributed by atoms with van der Waals surface area (Å²) in [5.74, 6) is 5.62. The van der Waals surface area contributed by atoms with Crippen LogP contribution in [0.2, 0.25) is 20.1 Å². The highest BCUT2D eigenvalue weighted by molar-refractivity contribution is 6.42. The Labute approximate surface area is 689 Å². The van der Waals surface area contributed by atoms with E-state index in [1.54, 1.807) is 74.5 Å². The van der Waals surface area contributed by atoms with Crippen molar-refractivity contribution in [2.24, 2.45) is 5.90 Å². The average Bonchev–Trinajstić information content (AvgIpc) is 1.71. The van der Waals surface area contributed by atoms with Gasteiger partial charge in [0.25, 0.3) is 0 Å². The number of anilines is 4. The smallest absolute Gasteiger partial charge is 0.247 e. The fraction of sp³-hybridized carbons (Fsp3) is 0.190. The van der Waals surface area contributed by atoms with Crippen LogP contribution in [0.4, 0.5) is 32.1 Å². The summed E-state index contributed by atoms with van der Waals surface area (Å²) in [7, 11) is 12.8. The maximum atomic E-state index is 15.5. The van der Waals surface area contributed by atoms with Crippen LogP contribution in [0.5, 0.6) is 34.5 Å². The number of methoxy groups -OCH3 is 5. The zero-order valence-electron chi connectivity index (χ0n) is 64.6. The number of ether oxygens (including phenoxy) is 5. The first-order valence-corrected chi connectivity index (χ1v) is 37.8. The predicted molar refractivity (Wildman–Crippen MR) is 455 cm³/mol. The number of carbonyl (C=O) groups excluding carboxylic acids is 3. The highest BCUT2D eigenvalue weighted by atomic mass is 35.5. The molecule has 9 aromatic heterocycles. The Morgan fingerprint density at radius 2 is 1.03 bits per heavy atom. The number of halogens is 6. The number of amides is 3. The normalized spacial score (nSPS) is 12.0. The summed E-state index contributed by atoms with van der Waals surface area (Å²) in [5, 5.41) is 18.3. The minimum Gasteiger partial charge on any atom is -0.495 e. The molecule has 33 heteroatoms. The molecule has 27 nitrogen and oxygen atoms in total. The van der Waals surface area contributed by atoms with Crippen LogP contribution >= 0.6 is 46.4 Å². The second kappa shape index (κ2) is 35.9. The van der Waals surface area contributed by atoms with Gasteiger partial charge in [-0.15, -0.1) is 0 Å². The number of rotatable bonds is 24. The number of carbonyl (C=O) groups is 3. The summed E-state index contributed by atoms with van der Waals surface area (Å²) in [6, 6.07) is 28.5. The van der Waals surface area contributed by atoms with Gasteiger partial charge in [-0.2, -0.15) is 10.9 Å². The number of aromatic nitrogens is 10. The molecule has 1 aliphatic rings. The van der Waals surface area contributed by atoms with Crippen LogP contribution in [-0.4, -0.2) is 165 Å². The molecular formula is C84H78Cl4F2N18O9. The first-order chi connectivity index (χ1) is 56.6. The second-order valence-electron chi connectivity index (χ2n) is 26.4. The third kappa shape index (κ3) is 16.7. The van der Waals surface area contributed by atoms with E-state index in [4.69, 9.17) is 90.9 Å². The molecule has 0 aliphatic carbocycles. The maximum Gasteiger partial charge on any atom is 0.247 e. The number of nitrogens with one attached hydrogen (secondary N) is 5. The Morgan fingerprint density at radius 3 is 1.56 bits per heavy atom. The molecule has 1 aliphatic heterocycles. The molecule has 14 aromatic rings. The van der Waals surface area contributed by atoms with E-state index in [0.717, 1.165) is 113 Å². The Kier molecular flexibility index (Phi) is 25.2. The number of imidazole rings is 3. The third-order valence-corrected chi connectivity index (χ3v) is 21.1. The number of hydrogen-bond acceptors (Lipinski definition) is 21. The van der Waals surface area contributed by atoms with E-state index in [2.05, 4.69) is 86.6 Å². The van der Waals surface area contributed by atoms with Gasteiger partial charge in [-0.05, 0) is 79.6 Å². The van der Waals surface area contributed by atoms with E-state index in [9.17, 15) is 14.4 Å². The molecule has 0 atom stereocenters. The number of nitrogens with zero attached hydrogens (tertiary/aromatic N) is 12. The second-order valence-corrected chi connectivity index (χ2v) is 27.9. The largest absolute Gasteiger partial charge is 0.495 e. The van der Waals surface area contributed by atoms with E-state index >= 15 is 8.78 Å². The van der Waals surface area contributed by atoms with Crippen molar-refractivity contribution < 1.29 is 51.7 Å². The van der Waals surface area contributed by atoms with E-state index in [-0.39, 0.29) is 34.7 Å². The van der Waals surface area contributed by atoms with Crippen molar-refractivity contribution in [3.05, 3.63) is 215 Å². The van der Waals surface area contributed by atoms with Gasteiger partial charge in [-0.1, -0.05) is 96.5 Å². The quantitative estimate of drug-likeness (QED) is 0.0242. The summed E-state index contributed by atoms with van der Waals surface area (Å²) in [4.78, 5) is 76.5. The molecular weight excluding hydrogens is 1580 g/mol. The number of benzene rings is 5. The van der Waals surface area contributed by atoms with Crippen LogP contribution in [0, 0.1) is 11.6 Å². The van der Waals surface area contributed by atoms with Gasteiger partial charge in [0, 0.05) is 182 Å². The van der Waals surface area contributed by atoms with Crippen LogP contribution in [-0.2, 0) is 27.3 Å². The fourth-order valence-electron chi connectivity index (χ4n) is 13.6. The number of pyridine rings is 5. The van der Waals surface area contributed by atoms with E-state index < -0.39 is 22.9 Å². The summed E-state index contributed by atoms with van der Waals surface area (Å²) in [6.45, 7) is 15.0. The first-order valence-electron chi connectivity index (χ1n) is 36.3. The molecule has 7 N–H and O–H groups in total. The summed E-state index contributed by atoms with van der Waals surface area (Å²) in [5.41, 5.74) is 11.4. The van der Waals surface area contributed by atoms with Gasteiger partial charge >= 0.3 is 0 Å². The summed E-state index contributed by atoms with van der Waals surface area (Å²) >= 11 is 27.3. The van der Waals surface area contributed by atoms with Crippen molar-refractivity contribution in [1.29, 1.82) is 0 Å². The zero-order chi connectivity index (χ0) is 83.0. The molecule has 1 saturated heterocycles. The van der Waals surface area contributed by atoms with Gasteiger partial charge in [0.05, 0.1) is 89.3 Å². The standard InChI is InChI=1S/C29H32Cl2N6O3.C29H25Cl2N5O3.C26H21F2N7O3/c1-5-25(38)36-11-9-35(10-12-36)8-6-7-19-17-37-21-14-24(32-2)33-16-18(21)13-20(29(37)34-19)26-27(30)22(39-3)15-23(40-4)28(26)31;1-5-25(37)34-13-16-7-6-8-17(9-16)20-15-36-21-11-24(32-2)33-14-18(21)10-19(29(36)35-20)26-27(30)22(38-3)12-23(39-4)28(26)31;1-4-20(36)32-15-7-5-13(6-8-15)17-12-35-24-14(11-31-26(30-2)34-24)9-16(25(35)33-17)21-22(27)18(37-3)10-19(38-29)23(21)28/h5,13-17H,1,6-12H2,2-4H3,(H,32,33);5-12,14-15H,1,13H2,2-4H3,(H,32,33)(H,34,37);4-12H,1,29H2,2-3H3,(H,32,36)(H,30,31,34). The maximum absolute atomic E-state index is 15.5. The molecule has 10 heterocycles. The molecule has 0 saturated carbocycles. The van der Waals surface area contributed by atoms with Crippen LogP contribution < -0.4 is 61.0 Å². The van der Waals surface area contributed by atoms with Gasteiger partial charge < -0.3 is 60.0 Å². The third-order valence-electron chi connectivity index (χ3n) is 19.6. The van der Waals surface area contributed by atoms with E-state index in [1.807, 2.05) is 84.3 Å². The predicted octanol–water partition coefficient (Wildman–Crippen LogP) is 15.9. The van der Waals surface area contributed by atoms with Crippen LogP contribution in [0.3, 0.4) is 0 Å². The Bertz CT molecular complexity index is 6150. The minimum atomic E-state index is -1.02. The molecule has 3 amide bonds. The Morgan fingerprint density at radius 1 is 0.521 bits per heavy atom. The van der Waals surface area contributed by atoms with Crippen molar-refractivity contribution in [3.8, 4) is 90.4 Å². The molecule has 0 spiro atoms. The molecule has 1 fully saturated rings. The number of nitrogens with two attached hydrogens (primary N) is 1. The highest BCUT2D eigenvalue weighted by Crippen LogP contribution is 2.50. The topological polar surface area (TPSA) is 303 Å². The van der Waals surface area contributed by atoms with Gasteiger partial charge in [0.2, 0.25) is 23.7 Å². The van der Waals surface area contributed by atoms with Gasteiger partial charge in [0.15, 0.2) is 28.8 Å². The SMILES string of the molecule is C=CC(=O)N1CCN(CCCc2cn3c(n2)c(-c2c(Cl)c(OC)cc(OC)c2Cl)cc2cnc(NC)cc23)CC1.C=CC(=O)NCc1cccc(-c2cn3c(n2)c(-c2c(Cl)c(OC)cc(OC)c2Cl)cc2cnc(NC)cc23)c1.C=CC(=O)Nc1ccc(-c2cn3c(n2)c(-c2c(F)c(OC)cc(ON)c2F)cc2cnc(NC)nc23)cc1. The van der Waals surface area contributed by atoms with Gasteiger partial charge in [-0.25, -0.2) is 38.7 Å². The van der Waals surface area contributed by atoms with Crippen molar-refractivity contribution in [1.82, 2.24) is 63.2 Å². The highest BCUT2D eigenvalue weighted by Gasteiger charge is 2.30. The molecule has 0 radical (unpaired) electrons. The lowest BCUT2D eigenvalue weighted by molar-refractivity contribution is -0.127. The van der Waals surface area contributed by atoms with Crippen LogP contribution in [0.25, 0.3) is 106 Å². The van der Waals surface area contributed by atoms with Crippen molar-refractivity contribution >= 4 is 137 Å². The molecule has 5 aromatic carbocycles. The summed E-state index contributed by atoms with van der Waals surface area (Å²) in [6.07, 6.45) is 16.4. The molecule has 0 bridgehead atoms. The van der Waals surface area contributed by atoms with Gasteiger partial charge in [0.1, 0.15) is 51.6 Å². The van der Waals surface area contributed by atoms with Crippen LogP contribution in [0.1, 0.15) is 17.7 Å². The van der Waals surface area contributed by atoms with E-state index in [1.165, 1.54) is 51.8 Å². The molecule has 117 heavy (non-hydrogen) atoms. The Balaban J connectivity index is 0.000000152. The number of piperazine rings is 1. The fourth-order valence-corrected chi connectivity index (χ4v) is 15.1. The number of aryl methyl sites for hydroxylation is 1. The molecule has 600 valence electrons. The average molecular weight is 1660 g/mol. The first kappa shape index (κ1) is 82.1. The zero-order valence-corrected chi connectivity index (χ0v) is 67.6. The number of fused-ring (bicyclic) bond motifs is 9.